The summed E-state index contributed by atoms with van der Waals surface area (Å²) in [5.41, 5.74) is 0.708. The number of carbonyl (C=O) groups excluding carboxylic acids is 2. The number of hydrogen-bond acceptors (Lipinski definition) is 5. The molecule has 6 heteroatoms. The Morgan fingerprint density at radius 2 is 1.57 bits per heavy atom. The second kappa shape index (κ2) is 8.53. The predicted octanol–water partition coefficient (Wildman–Crippen LogP) is 4.92. The van der Waals surface area contributed by atoms with E-state index in [-0.39, 0.29) is 12.2 Å². The summed E-state index contributed by atoms with van der Waals surface area (Å²) >= 11 is 0. The van der Waals surface area contributed by atoms with E-state index in [1.165, 1.54) is 0 Å². The van der Waals surface area contributed by atoms with E-state index in [1.807, 2.05) is 36.4 Å². The Bertz CT molecular complexity index is 1090. The second-order valence-corrected chi connectivity index (χ2v) is 6.70. The largest absolute Gasteiger partial charge is 0.511 e. The summed E-state index contributed by atoms with van der Waals surface area (Å²) < 4.78 is 11.2. The van der Waals surface area contributed by atoms with Crippen molar-refractivity contribution in [3.63, 3.8) is 0 Å². The van der Waals surface area contributed by atoms with Crippen molar-refractivity contribution >= 4 is 17.6 Å². The van der Waals surface area contributed by atoms with Gasteiger partial charge in [-0.1, -0.05) is 60.7 Å². The molecule has 0 radical (unpaired) electrons. The van der Waals surface area contributed by atoms with Gasteiger partial charge in [0.05, 0.1) is 5.69 Å². The highest BCUT2D eigenvalue weighted by Crippen LogP contribution is 2.33. The zero-order chi connectivity index (χ0) is 20.9. The number of hydrogen-bond donors (Lipinski definition) is 2. The highest BCUT2D eigenvalue weighted by molar-refractivity contribution is 6.22. The van der Waals surface area contributed by atoms with Crippen LogP contribution in [0.3, 0.4) is 0 Å². The van der Waals surface area contributed by atoms with Gasteiger partial charge >= 0.3 is 5.97 Å². The maximum atomic E-state index is 12.8. The van der Waals surface area contributed by atoms with Gasteiger partial charge in [-0.25, -0.2) is 4.79 Å². The van der Waals surface area contributed by atoms with Crippen molar-refractivity contribution in [2.24, 2.45) is 0 Å². The summed E-state index contributed by atoms with van der Waals surface area (Å²) in [6.45, 7) is 0. The Hall–Kier alpha value is -4.06. The minimum atomic E-state index is -0.869. The van der Waals surface area contributed by atoms with Crippen LogP contribution in [-0.2, 0) is 14.3 Å². The van der Waals surface area contributed by atoms with Crippen LogP contribution in [0.4, 0.5) is 5.69 Å². The summed E-state index contributed by atoms with van der Waals surface area (Å²) in [6, 6.07) is 25.0. The quantitative estimate of drug-likeness (QED) is 0.468. The topological polar surface area (TPSA) is 84.9 Å². The van der Waals surface area contributed by atoms with E-state index in [2.05, 4.69) is 5.32 Å². The number of cyclic esters (lactones) is 1. The van der Waals surface area contributed by atoms with Crippen molar-refractivity contribution < 1.29 is 24.2 Å². The molecule has 1 aliphatic rings. The molecule has 0 spiro atoms. The number of amides is 1. The Kier molecular flexibility index (Phi) is 5.48. The summed E-state index contributed by atoms with van der Waals surface area (Å²) in [6.07, 6.45) is -0.607. The van der Waals surface area contributed by atoms with Crippen molar-refractivity contribution in [1.29, 1.82) is 0 Å². The van der Waals surface area contributed by atoms with Crippen molar-refractivity contribution in [2.75, 3.05) is 5.32 Å². The average Bonchev–Trinajstić information content (AvgIpc) is 2.76. The number of nitrogens with one attached hydrogen (secondary N) is 1. The molecule has 0 bridgehead atoms. The van der Waals surface area contributed by atoms with Crippen molar-refractivity contribution in [3.8, 4) is 11.5 Å². The van der Waals surface area contributed by atoms with Crippen LogP contribution < -0.4 is 10.1 Å². The number of rotatable bonds is 5. The van der Waals surface area contributed by atoms with Crippen molar-refractivity contribution in [3.05, 3.63) is 102 Å². The molecule has 3 aromatic carbocycles. The average molecular weight is 401 g/mol. The Balaban J connectivity index is 1.54. The van der Waals surface area contributed by atoms with Gasteiger partial charge in [-0.3, -0.25) is 4.79 Å². The molecule has 1 aliphatic heterocycles. The van der Waals surface area contributed by atoms with E-state index < -0.39 is 23.6 Å². The van der Waals surface area contributed by atoms with Crippen molar-refractivity contribution in [2.45, 2.75) is 12.5 Å². The van der Waals surface area contributed by atoms with Crippen molar-refractivity contribution in [1.82, 2.24) is 0 Å². The monoisotopic (exact) mass is 401 g/mol. The lowest BCUT2D eigenvalue weighted by Crippen LogP contribution is -2.29. The molecule has 0 aromatic heterocycles. The minimum absolute atomic E-state index is 0.0284. The van der Waals surface area contributed by atoms with Gasteiger partial charge in [0.25, 0.3) is 5.91 Å². The molecule has 150 valence electrons. The van der Waals surface area contributed by atoms with Gasteiger partial charge < -0.3 is 19.9 Å². The number of para-hydroxylation sites is 3. The van der Waals surface area contributed by atoms with Crippen LogP contribution in [0, 0.1) is 0 Å². The first-order valence-corrected chi connectivity index (χ1v) is 9.43. The fraction of sp³-hybridized carbons (Fsp3) is 0.0833. The molecule has 3 aromatic rings. The van der Waals surface area contributed by atoms with E-state index in [4.69, 9.17) is 9.47 Å². The first kappa shape index (κ1) is 19.3. The lowest BCUT2D eigenvalue weighted by molar-refractivity contribution is -0.148. The molecule has 0 fully saturated rings. The van der Waals surface area contributed by atoms with Gasteiger partial charge in [-0.05, 0) is 29.8 Å². The van der Waals surface area contributed by atoms with E-state index >= 15 is 0 Å². The molecule has 0 saturated carbocycles. The number of esters is 1. The Morgan fingerprint density at radius 3 is 2.27 bits per heavy atom. The molecule has 30 heavy (non-hydrogen) atoms. The summed E-state index contributed by atoms with van der Waals surface area (Å²) in [5.74, 6) is -0.925. The second-order valence-electron chi connectivity index (χ2n) is 6.70. The molecule has 0 aliphatic carbocycles. The molecule has 1 heterocycles. The number of benzene rings is 3. The SMILES string of the molecule is O=C(Nc1ccccc1Oc1ccccc1)C1=C(O)CC(c2ccccc2)OC1=O. The van der Waals surface area contributed by atoms with Crippen LogP contribution in [-0.4, -0.2) is 17.0 Å². The third kappa shape index (κ3) is 4.17. The fourth-order valence-electron chi connectivity index (χ4n) is 3.16. The number of carbonyl (C=O) groups is 2. The van der Waals surface area contributed by atoms with Crippen LogP contribution >= 0.6 is 0 Å². The van der Waals surface area contributed by atoms with E-state index in [1.54, 1.807) is 48.5 Å². The van der Waals surface area contributed by atoms with Crippen LogP contribution in [0.2, 0.25) is 0 Å². The van der Waals surface area contributed by atoms with Crippen LogP contribution in [0.5, 0.6) is 11.5 Å². The molecule has 0 saturated heterocycles. The first-order valence-electron chi connectivity index (χ1n) is 9.43. The third-order valence-corrected chi connectivity index (χ3v) is 4.63. The van der Waals surface area contributed by atoms with Gasteiger partial charge in [0.1, 0.15) is 17.6 Å². The van der Waals surface area contributed by atoms with Gasteiger partial charge in [0.2, 0.25) is 0 Å². The first-order chi connectivity index (χ1) is 14.6. The van der Waals surface area contributed by atoms with Gasteiger partial charge in [0, 0.05) is 6.42 Å². The van der Waals surface area contributed by atoms with Gasteiger partial charge in [-0.2, -0.15) is 0 Å². The minimum Gasteiger partial charge on any atom is -0.511 e. The molecule has 6 nitrogen and oxygen atoms in total. The van der Waals surface area contributed by atoms with Crippen LogP contribution in [0.1, 0.15) is 18.1 Å². The fourth-order valence-corrected chi connectivity index (χ4v) is 3.16. The maximum absolute atomic E-state index is 12.8. The van der Waals surface area contributed by atoms with Gasteiger partial charge in [-0.15, -0.1) is 0 Å². The van der Waals surface area contributed by atoms with E-state index in [0.717, 1.165) is 5.56 Å². The highest BCUT2D eigenvalue weighted by atomic mass is 16.5. The number of ether oxygens (including phenoxy) is 2. The molecule has 1 unspecified atom stereocenters. The number of anilines is 1. The maximum Gasteiger partial charge on any atom is 0.347 e. The Labute approximate surface area is 173 Å². The number of aliphatic hydroxyl groups excluding tert-OH is 1. The molecular weight excluding hydrogens is 382 g/mol. The van der Waals surface area contributed by atoms with E-state index in [9.17, 15) is 14.7 Å². The third-order valence-electron chi connectivity index (χ3n) is 4.63. The molecular formula is C24H19NO5. The lowest BCUT2D eigenvalue weighted by Gasteiger charge is -2.24. The standard InChI is InChI=1S/C24H19NO5/c26-19-15-21(16-9-3-1-4-10-16)30-24(28)22(19)23(27)25-18-13-7-8-14-20(18)29-17-11-5-2-6-12-17/h1-14,21,26H,15H2,(H,25,27). The highest BCUT2D eigenvalue weighted by Gasteiger charge is 2.34. The number of aliphatic hydroxyl groups is 1. The zero-order valence-corrected chi connectivity index (χ0v) is 15.9. The van der Waals surface area contributed by atoms with Gasteiger partial charge in [0.15, 0.2) is 11.3 Å². The molecule has 1 atom stereocenters. The predicted molar refractivity (Wildman–Crippen MR) is 111 cm³/mol. The normalized spacial score (nSPS) is 16.0. The summed E-state index contributed by atoms with van der Waals surface area (Å²) in [4.78, 5) is 25.2. The van der Waals surface area contributed by atoms with Crippen LogP contribution in [0.15, 0.2) is 96.3 Å². The molecule has 2 N–H and O–H groups in total. The summed E-state index contributed by atoms with van der Waals surface area (Å²) in [7, 11) is 0. The molecule has 1 amide bonds. The van der Waals surface area contributed by atoms with E-state index in [0.29, 0.717) is 17.2 Å². The zero-order valence-electron chi connectivity index (χ0n) is 15.9. The smallest absolute Gasteiger partial charge is 0.347 e. The van der Waals surface area contributed by atoms with Crippen LogP contribution in [0.25, 0.3) is 0 Å². The Morgan fingerprint density at radius 1 is 0.933 bits per heavy atom. The molecule has 4 rings (SSSR count). The lowest BCUT2D eigenvalue weighted by atomic mass is 10.00. The summed E-state index contributed by atoms with van der Waals surface area (Å²) in [5, 5.41) is 13.0.